The van der Waals surface area contributed by atoms with Gasteiger partial charge in [-0.15, -0.1) is 0 Å². The minimum atomic E-state index is -0.129. The third-order valence-corrected chi connectivity index (χ3v) is 7.04. The molecule has 1 saturated heterocycles. The summed E-state index contributed by atoms with van der Waals surface area (Å²) in [6, 6.07) is 4.89. The van der Waals surface area contributed by atoms with Crippen molar-refractivity contribution in [3.05, 3.63) is 23.3 Å². The van der Waals surface area contributed by atoms with Crippen LogP contribution in [-0.2, 0) is 11.3 Å². The quantitative estimate of drug-likeness (QED) is 0.837. The topological polar surface area (TPSA) is 64.2 Å². The summed E-state index contributed by atoms with van der Waals surface area (Å²) in [5.74, 6) is 1.63. The Labute approximate surface area is 168 Å². The number of aromatic nitrogens is 2. The number of benzene rings is 1. The molecule has 0 spiro atoms. The fourth-order valence-electron chi connectivity index (χ4n) is 5.32. The molecule has 5 heteroatoms. The maximum Gasteiger partial charge on any atom is 0.220 e. The van der Waals surface area contributed by atoms with E-state index in [2.05, 4.69) is 42.4 Å². The highest BCUT2D eigenvalue weighted by Gasteiger charge is 2.39. The second-order valence-electron chi connectivity index (χ2n) is 8.92. The molecule has 1 aromatic heterocycles. The summed E-state index contributed by atoms with van der Waals surface area (Å²) < 4.78 is 2.41. The van der Waals surface area contributed by atoms with Crippen LogP contribution in [0.15, 0.2) is 12.1 Å². The van der Waals surface area contributed by atoms with Crippen LogP contribution in [0.25, 0.3) is 11.0 Å². The average molecular weight is 383 g/mol. The zero-order valence-corrected chi connectivity index (χ0v) is 17.6. The van der Waals surface area contributed by atoms with E-state index in [0.29, 0.717) is 12.0 Å². The highest BCUT2D eigenvalue weighted by atomic mass is 16.1. The zero-order valence-electron chi connectivity index (χ0n) is 17.6. The summed E-state index contributed by atoms with van der Waals surface area (Å²) in [5, 5.41) is 0. The second kappa shape index (κ2) is 7.76. The summed E-state index contributed by atoms with van der Waals surface area (Å²) in [6.07, 6.45) is 7.94. The molecule has 28 heavy (non-hydrogen) atoms. The molecule has 2 aromatic rings. The molecule has 2 N–H and O–H groups in total. The van der Waals surface area contributed by atoms with Gasteiger partial charge < -0.3 is 15.2 Å². The van der Waals surface area contributed by atoms with E-state index >= 15 is 0 Å². The zero-order chi connectivity index (χ0) is 19.8. The number of amides is 1. The lowest BCUT2D eigenvalue weighted by Gasteiger charge is -2.42. The normalized spacial score (nSPS) is 23.6. The summed E-state index contributed by atoms with van der Waals surface area (Å²) in [4.78, 5) is 19.6. The average Bonchev–Trinajstić information content (AvgIpc) is 3.31. The van der Waals surface area contributed by atoms with E-state index in [0.717, 1.165) is 43.8 Å². The number of nitrogens with zero attached hydrogens (tertiary/aromatic N) is 3. The Morgan fingerprint density at radius 2 is 1.89 bits per heavy atom. The van der Waals surface area contributed by atoms with Crippen LogP contribution in [0.1, 0.15) is 63.0 Å². The first-order valence-electron chi connectivity index (χ1n) is 11.0. The van der Waals surface area contributed by atoms with Crippen LogP contribution in [0.2, 0.25) is 0 Å². The Balaban J connectivity index is 1.77. The number of piperidine rings is 1. The Kier molecular flexibility index (Phi) is 5.35. The Bertz CT molecular complexity index is 865. The maximum atomic E-state index is 11.9. The lowest BCUT2D eigenvalue weighted by atomic mass is 9.83. The standard InChI is InChI=1S/C23H34N4O/c1-4-10-26-21-13-16(3)15(2)12-19(21)25-23(26)27-11-9-18(22(24)28)14-20(27)17-7-5-6-8-17/h12-13,17-18,20H,4-11,14H2,1-3H3,(H2,24,28). The molecule has 1 saturated carbocycles. The first kappa shape index (κ1) is 19.3. The van der Waals surface area contributed by atoms with Crippen LogP contribution < -0.4 is 10.6 Å². The van der Waals surface area contributed by atoms with Crippen molar-refractivity contribution in [2.45, 2.75) is 78.3 Å². The van der Waals surface area contributed by atoms with E-state index in [1.54, 1.807) is 0 Å². The Hall–Kier alpha value is -2.04. The number of rotatable bonds is 5. The van der Waals surface area contributed by atoms with Crippen LogP contribution in [-0.4, -0.2) is 28.0 Å². The number of anilines is 1. The van der Waals surface area contributed by atoms with Gasteiger partial charge in [0.15, 0.2) is 0 Å². The first-order valence-corrected chi connectivity index (χ1v) is 11.0. The van der Waals surface area contributed by atoms with Gasteiger partial charge in [0.1, 0.15) is 0 Å². The van der Waals surface area contributed by atoms with E-state index < -0.39 is 0 Å². The van der Waals surface area contributed by atoms with Crippen molar-refractivity contribution in [3.63, 3.8) is 0 Å². The maximum absolute atomic E-state index is 11.9. The monoisotopic (exact) mass is 382 g/mol. The largest absolute Gasteiger partial charge is 0.369 e. The van der Waals surface area contributed by atoms with Crippen molar-refractivity contribution in [2.75, 3.05) is 11.4 Å². The summed E-state index contributed by atoms with van der Waals surface area (Å²) in [5.41, 5.74) is 10.6. The number of hydrogen-bond acceptors (Lipinski definition) is 3. The van der Waals surface area contributed by atoms with Crippen LogP contribution in [0.5, 0.6) is 0 Å². The number of carbonyl (C=O) groups is 1. The van der Waals surface area contributed by atoms with E-state index in [-0.39, 0.29) is 11.8 Å². The number of nitrogens with two attached hydrogens (primary N) is 1. The molecule has 5 nitrogen and oxygen atoms in total. The molecule has 1 amide bonds. The number of hydrogen-bond donors (Lipinski definition) is 1. The molecule has 1 aliphatic carbocycles. The van der Waals surface area contributed by atoms with Gasteiger partial charge in [-0.3, -0.25) is 4.79 Å². The minimum absolute atomic E-state index is 0.00958. The van der Waals surface area contributed by atoms with E-state index in [1.165, 1.54) is 42.3 Å². The molecule has 1 aromatic carbocycles. The van der Waals surface area contributed by atoms with Gasteiger partial charge in [0.05, 0.1) is 11.0 Å². The highest BCUT2D eigenvalue weighted by molar-refractivity contribution is 5.81. The predicted octanol–water partition coefficient (Wildman–Crippen LogP) is 4.32. The van der Waals surface area contributed by atoms with Gasteiger partial charge in [0.25, 0.3) is 0 Å². The third-order valence-electron chi connectivity index (χ3n) is 7.04. The van der Waals surface area contributed by atoms with Crippen LogP contribution in [0.3, 0.4) is 0 Å². The molecule has 2 unspecified atom stereocenters. The summed E-state index contributed by atoms with van der Waals surface area (Å²) in [7, 11) is 0. The predicted molar refractivity (Wildman–Crippen MR) is 115 cm³/mol. The smallest absolute Gasteiger partial charge is 0.220 e. The van der Waals surface area contributed by atoms with Gasteiger partial charge in [0.2, 0.25) is 11.9 Å². The Morgan fingerprint density at radius 1 is 1.18 bits per heavy atom. The SMILES string of the molecule is CCCn1c(N2CCC(C(N)=O)CC2C2CCCC2)nc2cc(C)c(C)cc21. The molecule has 2 aliphatic rings. The summed E-state index contributed by atoms with van der Waals surface area (Å²) >= 11 is 0. The number of aryl methyl sites for hydroxylation is 3. The second-order valence-corrected chi connectivity index (χ2v) is 8.92. The third kappa shape index (κ3) is 3.40. The molecular weight excluding hydrogens is 348 g/mol. The van der Waals surface area contributed by atoms with Crippen LogP contribution >= 0.6 is 0 Å². The number of fused-ring (bicyclic) bond motifs is 1. The molecule has 2 heterocycles. The fraction of sp³-hybridized carbons (Fsp3) is 0.652. The fourth-order valence-corrected chi connectivity index (χ4v) is 5.32. The van der Waals surface area contributed by atoms with Crippen molar-refractivity contribution in [1.29, 1.82) is 0 Å². The van der Waals surface area contributed by atoms with E-state index in [1.807, 2.05) is 0 Å². The van der Waals surface area contributed by atoms with Gasteiger partial charge in [-0.2, -0.15) is 0 Å². The molecule has 0 radical (unpaired) electrons. The van der Waals surface area contributed by atoms with E-state index in [4.69, 9.17) is 10.7 Å². The Morgan fingerprint density at radius 3 is 2.57 bits per heavy atom. The van der Waals surface area contributed by atoms with Gasteiger partial charge in [-0.1, -0.05) is 19.8 Å². The number of imidazole rings is 1. The van der Waals surface area contributed by atoms with Gasteiger partial charge >= 0.3 is 0 Å². The van der Waals surface area contributed by atoms with Crippen molar-refractivity contribution in [1.82, 2.24) is 9.55 Å². The van der Waals surface area contributed by atoms with E-state index in [9.17, 15) is 4.79 Å². The number of primary amides is 1. The van der Waals surface area contributed by atoms with Crippen molar-refractivity contribution < 1.29 is 4.79 Å². The van der Waals surface area contributed by atoms with Gasteiger partial charge in [-0.25, -0.2) is 4.98 Å². The van der Waals surface area contributed by atoms with Crippen LogP contribution in [0.4, 0.5) is 5.95 Å². The molecule has 2 fully saturated rings. The molecule has 4 rings (SSSR count). The van der Waals surface area contributed by atoms with Gasteiger partial charge in [-0.05, 0) is 75.1 Å². The number of carbonyl (C=O) groups excluding carboxylic acids is 1. The first-order chi connectivity index (χ1) is 13.5. The molecule has 2 atom stereocenters. The molecule has 152 valence electrons. The highest BCUT2D eigenvalue weighted by Crippen LogP contribution is 2.39. The lowest BCUT2D eigenvalue weighted by Crippen LogP contribution is -2.49. The molecule has 1 aliphatic heterocycles. The van der Waals surface area contributed by atoms with Gasteiger partial charge in [0, 0.05) is 25.0 Å². The molecular formula is C23H34N4O. The van der Waals surface area contributed by atoms with Crippen molar-refractivity contribution in [3.8, 4) is 0 Å². The summed E-state index contributed by atoms with van der Waals surface area (Å²) in [6.45, 7) is 8.41. The lowest BCUT2D eigenvalue weighted by molar-refractivity contribution is -0.122. The van der Waals surface area contributed by atoms with Crippen LogP contribution in [0, 0.1) is 25.7 Å². The van der Waals surface area contributed by atoms with Crippen molar-refractivity contribution >= 4 is 22.9 Å². The van der Waals surface area contributed by atoms with Crippen molar-refractivity contribution in [2.24, 2.45) is 17.6 Å². The molecule has 0 bridgehead atoms. The minimum Gasteiger partial charge on any atom is -0.369 e.